The van der Waals surface area contributed by atoms with Crippen molar-refractivity contribution >= 4 is 11.6 Å². The molecule has 0 bridgehead atoms. The Morgan fingerprint density at radius 2 is 1.90 bits per heavy atom. The molecule has 2 rings (SSSR count). The van der Waals surface area contributed by atoms with Crippen LogP contribution in [-0.2, 0) is 17.9 Å². The zero-order valence-electron chi connectivity index (χ0n) is 11.8. The van der Waals surface area contributed by atoms with Gasteiger partial charge in [0, 0.05) is 26.6 Å². The van der Waals surface area contributed by atoms with Gasteiger partial charge in [-0.25, -0.2) is 9.97 Å². The standard InChI is InChI=1S/C12H18N6O2/c1-4-13-9-5-10(17-12(16-9)7-19-3)14-6-11-15-8(2)20-18-11/h5H,4,6-7H2,1-3H3,(H2,13,14,16,17). The molecule has 2 aromatic heterocycles. The lowest BCUT2D eigenvalue weighted by Gasteiger charge is -2.09. The molecule has 0 amide bonds. The van der Waals surface area contributed by atoms with Crippen LogP contribution in [0.3, 0.4) is 0 Å². The van der Waals surface area contributed by atoms with E-state index in [-0.39, 0.29) is 0 Å². The summed E-state index contributed by atoms with van der Waals surface area (Å²) >= 11 is 0. The smallest absolute Gasteiger partial charge is 0.223 e. The third-order valence-corrected chi connectivity index (χ3v) is 2.40. The SMILES string of the molecule is CCNc1cc(NCc2noc(C)n2)nc(COC)n1. The summed E-state index contributed by atoms with van der Waals surface area (Å²) in [4.78, 5) is 12.8. The summed E-state index contributed by atoms with van der Waals surface area (Å²) in [5.41, 5.74) is 0. The van der Waals surface area contributed by atoms with Crippen LogP contribution in [0.25, 0.3) is 0 Å². The molecule has 2 aromatic rings. The van der Waals surface area contributed by atoms with Crippen molar-refractivity contribution in [3.63, 3.8) is 0 Å². The number of hydrogen-bond acceptors (Lipinski definition) is 8. The molecule has 8 nitrogen and oxygen atoms in total. The fraction of sp³-hybridized carbons (Fsp3) is 0.500. The Morgan fingerprint density at radius 3 is 2.50 bits per heavy atom. The Morgan fingerprint density at radius 1 is 1.15 bits per heavy atom. The summed E-state index contributed by atoms with van der Waals surface area (Å²) < 4.78 is 9.97. The number of nitrogens with zero attached hydrogens (tertiary/aromatic N) is 4. The van der Waals surface area contributed by atoms with E-state index in [9.17, 15) is 0 Å². The van der Waals surface area contributed by atoms with Gasteiger partial charge in [0.25, 0.3) is 0 Å². The summed E-state index contributed by atoms with van der Waals surface area (Å²) in [6.07, 6.45) is 0. The quantitative estimate of drug-likeness (QED) is 0.783. The summed E-state index contributed by atoms with van der Waals surface area (Å²) in [5, 5.41) is 10.1. The predicted octanol–water partition coefficient (Wildman–Crippen LogP) is 1.36. The second kappa shape index (κ2) is 6.80. The molecule has 0 aromatic carbocycles. The van der Waals surface area contributed by atoms with E-state index in [1.165, 1.54) is 0 Å². The largest absolute Gasteiger partial charge is 0.377 e. The Kier molecular flexibility index (Phi) is 4.83. The van der Waals surface area contributed by atoms with E-state index in [2.05, 4.69) is 30.7 Å². The summed E-state index contributed by atoms with van der Waals surface area (Å²) in [6.45, 7) is 5.34. The molecule has 0 radical (unpaired) electrons. The fourth-order valence-corrected chi connectivity index (χ4v) is 1.64. The van der Waals surface area contributed by atoms with Crippen LogP contribution in [0.5, 0.6) is 0 Å². The van der Waals surface area contributed by atoms with Gasteiger partial charge in [0.05, 0.1) is 6.54 Å². The molecule has 0 saturated heterocycles. The average Bonchev–Trinajstić information content (AvgIpc) is 2.83. The first-order valence-corrected chi connectivity index (χ1v) is 6.35. The molecule has 0 spiro atoms. The summed E-state index contributed by atoms with van der Waals surface area (Å²) in [7, 11) is 1.61. The number of nitrogens with one attached hydrogen (secondary N) is 2. The molecule has 0 aliphatic carbocycles. The number of hydrogen-bond donors (Lipinski definition) is 2. The van der Waals surface area contributed by atoms with Gasteiger partial charge < -0.3 is 19.9 Å². The van der Waals surface area contributed by atoms with Gasteiger partial charge in [0.2, 0.25) is 5.89 Å². The van der Waals surface area contributed by atoms with Crippen LogP contribution in [0.4, 0.5) is 11.6 Å². The average molecular weight is 278 g/mol. The van der Waals surface area contributed by atoms with Crippen molar-refractivity contribution < 1.29 is 9.26 Å². The highest BCUT2D eigenvalue weighted by molar-refractivity contribution is 5.47. The zero-order valence-corrected chi connectivity index (χ0v) is 11.8. The minimum Gasteiger partial charge on any atom is -0.377 e. The third-order valence-electron chi connectivity index (χ3n) is 2.40. The fourth-order valence-electron chi connectivity index (χ4n) is 1.64. The van der Waals surface area contributed by atoms with Crippen LogP contribution in [0.15, 0.2) is 10.6 Å². The maximum absolute atomic E-state index is 5.06. The number of ether oxygens (including phenoxy) is 1. The number of aryl methyl sites for hydroxylation is 1. The molecule has 0 atom stereocenters. The maximum atomic E-state index is 5.06. The third kappa shape index (κ3) is 3.89. The molecule has 108 valence electrons. The molecule has 20 heavy (non-hydrogen) atoms. The highest BCUT2D eigenvalue weighted by Gasteiger charge is 2.06. The van der Waals surface area contributed by atoms with Gasteiger partial charge in [-0.3, -0.25) is 0 Å². The molecular weight excluding hydrogens is 260 g/mol. The van der Waals surface area contributed by atoms with Crippen LogP contribution in [0, 0.1) is 6.92 Å². The van der Waals surface area contributed by atoms with Crippen LogP contribution >= 0.6 is 0 Å². The van der Waals surface area contributed by atoms with Gasteiger partial charge in [-0.05, 0) is 6.92 Å². The van der Waals surface area contributed by atoms with Gasteiger partial charge in [-0.1, -0.05) is 5.16 Å². The van der Waals surface area contributed by atoms with E-state index in [1.807, 2.05) is 13.0 Å². The van der Waals surface area contributed by atoms with Crippen LogP contribution in [-0.4, -0.2) is 33.8 Å². The Labute approximate surface area is 117 Å². The van der Waals surface area contributed by atoms with E-state index >= 15 is 0 Å². The van der Waals surface area contributed by atoms with Crippen LogP contribution in [0.2, 0.25) is 0 Å². The second-order valence-electron chi connectivity index (χ2n) is 4.10. The van der Waals surface area contributed by atoms with Crippen molar-refractivity contribution in [1.82, 2.24) is 20.1 Å². The first-order valence-electron chi connectivity index (χ1n) is 6.35. The van der Waals surface area contributed by atoms with Gasteiger partial charge >= 0.3 is 0 Å². The van der Waals surface area contributed by atoms with Gasteiger partial charge in [0.15, 0.2) is 11.6 Å². The van der Waals surface area contributed by atoms with Crippen molar-refractivity contribution in [3.8, 4) is 0 Å². The normalized spacial score (nSPS) is 10.6. The van der Waals surface area contributed by atoms with Crippen LogP contribution < -0.4 is 10.6 Å². The molecule has 0 saturated carbocycles. The number of methoxy groups -OCH3 is 1. The second-order valence-corrected chi connectivity index (χ2v) is 4.10. The minimum absolute atomic E-state index is 0.356. The molecule has 2 heterocycles. The van der Waals surface area contributed by atoms with E-state index in [4.69, 9.17) is 9.26 Å². The monoisotopic (exact) mass is 278 g/mol. The van der Waals surface area contributed by atoms with E-state index in [1.54, 1.807) is 14.0 Å². The molecular formula is C12H18N6O2. The lowest BCUT2D eigenvalue weighted by atomic mass is 10.4. The topological polar surface area (TPSA) is 98.0 Å². The molecule has 0 aliphatic rings. The minimum atomic E-state index is 0.356. The number of rotatable bonds is 7. The Balaban J connectivity index is 2.08. The van der Waals surface area contributed by atoms with Crippen molar-refractivity contribution in [3.05, 3.63) is 23.6 Å². The highest BCUT2D eigenvalue weighted by atomic mass is 16.5. The van der Waals surface area contributed by atoms with Gasteiger partial charge in [-0.15, -0.1) is 0 Å². The molecule has 0 aliphatic heterocycles. The molecule has 8 heteroatoms. The predicted molar refractivity (Wildman–Crippen MR) is 73.3 cm³/mol. The van der Waals surface area contributed by atoms with Gasteiger partial charge in [-0.2, -0.15) is 4.98 Å². The number of anilines is 2. The van der Waals surface area contributed by atoms with Crippen molar-refractivity contribution in [1.29, 1.82) is 0 Å². The molecule has 2 N–H and O–H groups in total. The van der Waals surface area contributed by atoms with Crippen molar-refractivity contribution in [2.24, 2.45) is 0 Å². The number of aromatic nitrogens is 4. The van der Waals surface area contributed by atoms with E-state index in [0.717, 1.165) is 12.4 Å². The molecule has 0 fully saturated rings. The Hall–Kier alpha value is -2.22. The zero-order chi connectivity index (χ0) is 14.4. The van der Waals surface area contributed by atoms with E-state index < -0.39 is 0 Å². The first kappa shape index (κ1) is 14.2. The molecule has 0 unspecified atom stereocenters. The van der Waals surface area contributed by atoms with Gasteiger partial charge in [0.1, 0.15) is 18.2 Å². The maximum Gasteiger partial charge on any atom is 0.223 e. The summed E-state index contributed by atoms with van der Waals surface area (Å²) in [5.74, 6) is 3.17. The first-order chi connectivity index (χ1) is 9.71. The van der Waals surface area contributed by atoms with E-state index in [0.29, 0.717) is 36.5 Å². The van der Waals surface area contributed by atoms with Crippen molar-refractivity contribution in [2.45, 2.75) is 27.0 Å². The van der Waals surface area contributed by atoms with Crippen LogP contribution in [0.1, 0.15) is 24.5 Å². The highest BCUT2D eigenvalue weighted by Crippen LogP contribution is 2.12. The lowest BCUT2D eigenvalue weighted by Crippen LogP contribution is -2.09. The Bertz CT molecular complexity index is 532. The lowest BCUT2D eigenvalue weighted by molar-refractivity contribution is 0.178. The van der Waals surface area contributed by atoms with Crippen molar-refractivity contribution in [2.75, 3.05) is 24.3 Å². The summed E-state index contributed by atoms with van der Waals surface area (Å²) in [6, 6.07) is 1.83.